The zero-order chi connectivity index (χ0) is 10.8. The number of halogens is 3. The summed E-state index contributed by atoms with van der Waals surface area (Å²) >= 11 is 0. The van der Waals surface area contributed by atoms with Gasteiger partial charge < -0.3 is 10.0 Å². The summed E-state index contributed by atoms with van der Waals surface area (Å²) in [5.41, 5.74) is 0. The van der Waals surface area contributed by atoms with Crippen LogP contribution < -0.4 is 0 Å². The zero-order valence-corrected chi connectivity index (χ0v) is 7.55. The maximum absolute atomic E-state index is 11.7. The number of aliphatic hydroxyl groups is 1. The monoisotopic (exact) mass is 211 g/mol. The van der Waals surface area contributed by atoms with Gasteiger partial charge in [-0.1, -0.05) is 0 Å². The van der Waals surface area contributed by atoms with Crippen LogP contribution in [0.15, 0.2) is 0 Å². The van der Waals surface area contributed by atoms with Crippen molar-refractivity contribution >= 4 is 5.91 Å². The van der Waals surface area contributed by atoms with Crippen molar-refractivity contribution in [2.24, 2.45) is 5.92 Å². The lowest BCUT2D eigenvalue weighted by Gasteiger charge is -2.38. The normalized spacial score (nSPS) is 18.1. The molecule has 0 atom stereocenters. The van der Waals surface area contributed by atoms with E-state index in [9.17, 15) is 18.0 Å². The molecule has 0 spiro atoms. The molecule has 0 unspecified atom stereocenters. The molecule has 0 aromatic rings. The Morgan fingerprint density at radius 1 is 1.43 bits per heavy atom. The van der Waals surface area contributed by atoms with E-state index in [-0.39, 0.29) is 12.5 Å². The fourth-order valence-corrected chi connectivity index (χ4v) is 1.30. The van der Waals surface area contributed by atoms with Crippen molar-refractivity contribution in [3.8, 4) is 0 Å². The van der Waals surface area contributed by atoms with Crippen molar-refractivity contribution < 1.29 is 23.1 Å². The zero-order valence-electron chi connectivity index (χ0n) is 7.55. The van der Waals surface area contributed by atoms with Crippen LogP contribution in [-0.2, 0) is 4.79 Å². The number of rotatable bonds is 3. The van der Waals surface area contributed by atoms with Gasteiger partial charge in [0.2, 0.25) is 5.91 Å². The summed E-state index contributed by atoms with van der Waals surface area (Å²) in [7, 11) is 0. The van der Waals surface area contributed by atoms with E-state index in [1.54, 1.807) is 0 Å². The van der Waals surface area contributed by atoms with Crippen LogP contribution in [0.1, 0.15) is 12.8 Å². The molecule has 0 saturated carbocycles. The summed E-state index contributed by atoms with van der Waals surface area (Å²) in [5.74, 6) is -0.433. The minimum atomic E-state index is -4.27. The molecule has 1 fully saturated rings. The number of nitrogens with zero attached hydrogens (tertiary/aromatic N) is 1. The van der Waals surface area contributed by atoms with E-state index in [0.717, 1.165) is 0 Å². The van der Waals surface area contributed by atoms with Crippen molar-refractivity contribution in [1.82, 2.24) is 4.90 Å². The second-order valence-electron chi connectivity index (χ2n) is 3.46. The molecule has 1 aliphatic rings. The first-order valence-corrected chi connectivity index (χ1v) is 4.38. The first-order chi connectivity index (χ1) is 6.42. The van der Waals surface area contributed by atoms with Gasteiger partial charge in [-0.05, 0) is 0 Å². The van der Waals surface area contributed by atoms with Gasteiger partial charge in [0.15, 0.2) is 0 Å². The van der Waals surface area contributed by atoms with Crippen LogP contribution in [-0.4, -0.2) is 41.8 Å². The van der Waals surface area contributed by atoms with E-state index in [1.807, 2.05) is 0 Å². The number of carbonyl (C=O) groups is 1. The Balaban J connectivity index is 2.18. The van der Waals surface area contributed by atoms with Gasteiger partial charge in [-0.15, -0.1) is 0 Å². The quantitative estimate of drug-likeness (QED) is 0.749. The third-order valence-corrected chi connectivity index (χ3v) is 2.19. The number of alkyl halides is 3. The molecule has 3 nitrogen and oxygen atoms in total. The topological polar surface area (TPSA) is 40.5 Å². The molecule has 0 radical (unpaired) electrons. The Labute approximate surface area is 79.5 Å². The summed E-state index contributed by atoms with van der Waals surface area (Å²) in [6.45, 7) is 0.753. The van der Waals surface area contributed by atoms with Gasteiger partial charge in [0.05, 0.1) is 6.42 Å². The van der Waals surface area contributed by atoms with Gasteiger partial charge in [-0.3, -0.25) is 4.79 Å². The highest BCUT2D eigenvalue weighted by atomic mass is 19.4. The number of carbonyl (C=O) groups excluding carboxylic acids is 1. The Bertz CT molecular complexity index is 211. The third-order valence-electron chi connectivity index (χ3n) is 2.19. The molecule has 1 amide bonds. The van der Waals surface area contributed by atoms with Gasteiger partial charge in [-0.2, -0.15) is 13.2 Å². The highest BCUT2D eigenvalue weighted by molar-refractivity contribution is 5.77. The summed E-state index contributed by atoms with van der Waals surface area (Å²) in [6.07, 6.45) is -5.81. The third kappa shape index (κ3) is 3.17. The summed E-state index contributed by atoms with van der Waals surface area (Å²) in [4.78, 5) is 12.4. The first kappa shape index (κ1) is 11.3. The Kier molecular flexibility index (Phi) is 3.36. The lowest BCUT2D eigenvalue weighted by atomic mass is 10.0. The minimum Gasteiger partial charge on any atom is -0.396 e. The molecular formula is C8H12F3NO2. The number of aliphatic hydroxyl groups excluding tert-OH is 1. The van der Waals surface area contributed by atoms with E-state index < -0.39 is 24.9 Å². The smallest absolute Gasteiger partial charge is 0.389 e. The lowest BCUT2D eigenvalue weighted by Crippen LogP contribution is -2.51. The predicted octanol–water partition coefficient (Wildman–Crippen LogP) is 0.780. The number of hydrogen-bond acceptors (Lipinski definition) is 2. The van der Waals surface area contributed by atoms with Crippen molar-refractivity contribution in [2.45, 2.75) is 19.0 Å². The van der Waals surface area contributed by atoms with Gasteiger partial charge in [-0.25, -0.2) is 0 Å². The van der Waals surface area contributed by atoms with Crippen LogP contribution in [0, 0.1) is 5.92 Å². The SMILES string of the molecule is O=C(CCC(F)(F)F)N1CC(CO)C1. The second-order valence-corrected chi connectivity index (χ2v) is 3.46. The molecule has 0 aromatic heterocycles. The fourth-order valence-electron chi connectivity index (χ4n) is 1.30. The Morgan fingerprint density at radius 3 is 2.43 bits per heavy atom. The molecular weight excluding hydrogens is 199 g/mol. The Hall–Kier alpha value is -0.780. The van der Waals surface area contributed by atoms with Crippen LogP contribution >= 0.6 is 0 Å². The Morgan fingerprint density at radius 2 is 2.00 bits per heavy atom. The van der Waals surface area contributed by atoms with Crippen molar-refractivity contribution in [2.75, 3.05) is 19.7 Å². The van der Waals surface area contributed by atoms with Crippen LogP contribution in [0.25, 0.3) is 0 Å². The number of hydrogen-bond donors (Lipinski definition) is 1. The van der Waals surface area contributed by atoms with Gasteiger partial charge in [0.25, 0.3) is 0 Å². The largest absolute Gasteiger partial charge is 0.396 e. The molecule has 1 heterocycles. The van der Waals surface area contributed by atoms with E-state index in [1.165, 1.54) is 4.90 Å². The molecule has 1 saturated heterocycles. The average Bonchev–Trinajstić information content (AvgIpc) is 1.97. The summed E-state index contributed by atoms with van der Waals surface area (Å²) in [5, 5.41) is 8.63. The van der Waals surface area contributed by atoms with E-state index in [0.29, 0.717) is 13.1 Å². The fraction of sp³-hybridized carbons (Fsp3) is 0.875. The highest BCUT2D eigenvalue weighted by Gasteiger charge is 2.33. The van der Waals surface area contributed by atoms with Gasteiger partial charge in [0.1, 0.15) is 0 Å². The van der Waals surface area contributed by atoms with Crippen LogP contribution in [0.2, 0.25) is 0 Å². The summed E-state index contributed by atoms with van der Waals surface area (Å²) in [6, 6.07) is 0. The molecule has 1 N–H and O–H groups in total. The van der Waals surface area contributed by atoms with E-state index in [2.05, 4.69) is 0 Å². The second kappa shape index (κ2) is 4.16. The van der Waals surface area contributed by atoms with Crippen LogP contribution in [0.5, 0.6) is 0 Å². The molecule has 0 aromatic carbocycles. The van der Waals surface area contributed by atoms with Gasteiger partial charge in [0, 0.05) is 32.0 Å². The van der Waals surface area contributed by atoms with Crippen molar-refractivity contribution in [3.63, 3.8) is 0 Å². The first-order valence-electron chi connectivity index (χ1n) is 4.38. The minimum absolute atomic E-state index is 0.0109. The maximum atomic E-state index is 11.7. The highest BCUT2D eigenvalue weighted by Crippen LogP contribution is 2.23. The van der Waals surface area contributed by atoms with Gasteiger partial charge >= 0.3 is 6.18 Å². The van der Waals surface area contributed by atoms with Crippen LogP contribution in [0.4, 0.5) is 13.2 Å². The predicted molar refractivity (Wildman–Crippen MR) is 42.4 cm³/mol. The lowest BCUT2D eigenvalue weighted by molar-refractivity contribution is -0.153. The maximum Gasteiger partial charge on any atom is 0.389 e. The molecule has 14 heavy (non-hydrogen) atoms. The summed E-state index contributed by atoms with van der Waals surface area (Å²) < 4.78 is 35.2. The number of likely N-dealkylation sites (tertiary alicyclic amines) is 1. The molecule has 1 aliphatic heterocycles. The van der Waals surface area contributed by atoms with Crippen molar-refractivity contribution in [3.05, 3.63) is 0 Å². The molecule has 0 bridgehead atoms. The van der Waals surface area contributed by atoms with E-state index in [4.69, 9.17) is 5.11 Å². The number of amides is 1. The molecule has 0 aliphatic carbocycles. The molecule has 1 rings (SSSR count). The van der Waals surface area contributed by atoms with Crippen molar-refractivity contribution in [1.29, 1.82) is 0 Å². The molecule has 82 valence electrons. The molecule has 6 heteroatoms. The van der Waals surface area contributed by atoms with Crippen LogP contribution in [0.3, 0.4) is 0 Å². The average molecular weight is 211 g/mol. The standard InChI is InChI=1S/C8H12F3NO2/c9-8(10,11)2-1-7(14)12-3-6(4-12)5-13/h6,13H,1-5H2. The van der Waals surface area contributed by atoms with E-state index >= 15 is 0 Å².